The Bertz CT molecular complexity index is 728. The first-order valence-corrected chi connectivity index (χ1v) is 9.88. The molecule has 1 saturated heterocycles. The molecule has 2 aromatic rings. The van der Waals surface area contributed by atoms with Crippen molar-refractivity contribution in [2.75, 3.05) is 19.4 Å². The van der Waals surface area contributed by atoms with Gasteiger partial charge >= 0.3 is 0 Å². The average Bonchev–Trinajstić information content (AvgIpc) is 3.26. The molecular formula is C19H26N4O2S. The Morgan fingerprint density at radius 3 is 2.96 bits per heavy atom. The SMILES string of the molecule is C=CCn1c(CN(C)Cc2ccccc2O)nnc1SC[C@H]1CCCO1. The van der Waals surface area contributed by atoms with Gasteiger partial charge in [-0.05, 0) is 26.0 Å². The molecule has 140 valence electrons. The van der Waals surface area contributed by atoms with E-state index < -0.39 is 0 Å². The van der Waals surface area contributed by atoms with E-state index in [2.05, 4.69) is 26.2 Å². The Morgan fingerprint density at radius 2 is 2.23 bits per heavy atom. The zero-order chi connectivity index (χ0) is 18.4. The van der Waals surface area contributed by atoms with Gasteiger partial charge in [0.25, 0.3) is 0 Å². The topological polar surface area (TPSA) is 63.4 Å². The second kappa shape index (κ2) is 9.21. The first kappa shape index (κ1) is 18.9. The fourth-order valence-electron chi connectivity index (χ4n) is 3.03. The van der Waals surface area contributed by atoms with E-state index in [-0.39, 0.29) is 0 Å². The van der Waals surface area contributed by atoms with E-state index in [0.29, 0.717) is 31.5 Å². The van der Waals surface area contributed by atoms with Gasteiger partial charge in [0.15, 0.2) is 5.16 Å². The minimum atomic E-state index is 0.319. The lowest BCUT2D eigenvalue weighted by Gasteiger charge is -2.17. The molecule has 0 aliphatic carbocycles. The maximum absolute atomic E-state index is 9.95. The second-order valence-corrected chi connectivity index (χ2v) is 7.53. The second-order valence-electron chi connectivity index (χ2n) is 6.55. The number of aromatic hydroxyl groups is 1. The minimum absolute atomic E-state index is 0.319. The number of hydrogen-bond donors (Lipinski definition) is 1. The first-order valence-electron chi connectivity index (χ1n) is 8.90. The Hall–Kier alpha value is -1.83. The number of phenolic OH excluding ortho intramolecular Hbond substituents is 1. The van der Waals surface area contributed by atoms with Crippen LogP contribution in [0.1, 0.15) is 24.2 Å². The molecule has 7 heteroatoms. The van der Waals surface area contributed by atoms with Crippen molar-refractivity contribution in [1.82, 2.24) is 19.7 Å². The highest BCUT2D eigenvalue weighted by Crippen LogP contribution is 2.24. The van der Waals surface area contributed by atoms with E-state index in [1.165, 1.54) is 0 Å². The molecule has 1 aliphatic heterocycles. The van der Waals surface area contributed by atoms with Gasteiger partial charge in [-0.2, -0.15) is 0 Å². The van der Waals surface area contributed by atoms with Gasteiger partial charge in [0.1, 0.15) is 11.6 Å². The van der Waals surface area contributed by atoms with Gasteiger partial charge in [-0.25, -0.2) is 0 Å². The molecule has 0 unspecified atom stereocenters. The van der Waals surface area contributed by atoms with E-state index in [9.17, 15) is 5.11 Å². The third-order valence-corrected chi connectivity index (χ3v) is 5.47. The summed E-state index contributed by atoms with van der Waals surface area (Å²) in [5, 5.41) is 19.6. The third-order valence-electron chi connectivity index (χ3n) is 4.37. The molecule has 6 nitrogen and oxygen atoms in total. The van der Waals surface area contributed by atoms with Crippen LogP contribution < -0.4 is 0 Å². The van der Waals surface area contributed by atoms with E-state index in [4.69, 9.17) is 4.74 Å². The number of hydrogen-bond acceptors (Lipinski definition) is 6. The monoisotopic (exact) mass is 374 g/mol. The molecule has 0 amide bonds. The van der Waals surface area contributed by atoms with Gasteiger partial charge in [-0.15, -0.1) is 16.8 Å². The summed E-state index contributed by atoms with van der Waals surface area (Å²) in [6.45, 7) is 6.70. The number of benzene rings is 1. The Balaban J connectivity index is 1.64. The van der Waals surface area contributed by atoms with Gasteiger partial charge in [0, 0.05) is 31.0 Å². The summed E-state index contributed by atoms with van der Waals surface area (Å²) >= 11 is 1.70. The van der Waals surface area contributed by atoms with Gasteiger partial charge in [-0.1, -0.05) is 36.0 Å². The molecule has 0 bridgehead atoms. The van der Waals surface area contributed by atoms with E-state index in [1.807, 2.05) is 31.3 Å². The molecule has 2 heterocycles. The van der Waals surface area contributed by atoms with Crippen molar-refractivity contribution in [2.24, 2.45) is 0 Å². The van der Waals surface area contributed by atoms with Crippen molar-refractivity contribution in [3.8, 4) is 5.75 Å². The standard InChI is InChI=1S/C19H26N4O2S/c1-3-10-23-18(13-22(2)12-15-7-4-5-9-17(15)24)20-21-19(23)26-14-16-8-6-11-25-16/h3-5,7,9,16,24H,1,6,8,10-14H2,2H3/t16-/m1/s1. The Morgan fingerprint density at radius 1 is 1.38 bits per heavy atom. The summed E-state index contributed by atoms with van der Waals surface area (Å²) in [4.78, 5) is 2.12. The normalized spacial score (nSPS) is 17.1. The molecule has 1 aliphatic rings. The van der Waals surface area contributed by atoms with Crippen LogP contribution in [-0.4, -0.2) is 50.3 Å². The number of nitrogens with zero attached hydrogens (tertiary/aromatic N) is 4. The van der Waals surface area contributed by atoms with Crippen LogP contribution in [0.5, 0.6) is 5.75 Å². The lowest BCUT2D eigenvalue weighted by atomic mass is 10.2. The zero-order valence-corrected chi connectivity index (χ0v) is 16.0. The van der Waals surface area contributed by atoms with Gasteiger partial charge in [-0.3, -0.25) is 4.90 Å². The maximum Gasteiger partial charge on any atom is 0.191 e. The lowest BCUT2D eigenvalue weighted by molar-refractivity contribution is 0.129. The van der Waals surface area contributed by atoms with Gasteiger partial charge in [0.2, 0.25) is 0 Å². The van der Waals surface area contributed by atoms with E-state index >= 15 is 0 Å². The Labute approximate surface area is 158 Å². The zero-order valence-electron chi connectivity index (χ0n) is 15.2. The number of rotatable bonds is 9. The van der Waals surface area contributed by atoms with Crippen LogP contribution in [0, 0.1) is 0 Å². The Kier molecular flexibility index (Phi) is 6.71. The molecule has 0 saturated carbocycles. The average molecular weight is 375 g/mol. The van der Waals surface area contributed by atoms with Crippen molar-refractivity contribution >= 4 is 11.8 Å². The van der Waals surface area contributed by atoms with Crippen molar-refractivity contribution in [3.05, 3.63) is 48.3 Å². The van der Waals surface area contributed by atoms with Gasteiger partial charge < -0.3 is 14.4 Å². The van der Waals surface area contributed by atoms with Crippen molar-refractivity contribution in [1.29, 1.82) is 0 Å². The van der Waals surface area contributed by atoms with Crippen LogP contribution in [-0.2, 0) is 24.4 Å². The highest BCUT2D eigenvalue weighted by atomic mass is 32.2. The van der Waals surface area contributed by atoms with Crippen LogP contribution >= 0.6 is 11.8 Å². The maximum atomic E-state index is 9.95. The number of aromatic nitrogens is 3. The molecule has 1 aromatic carbocycles. The van der Waals surface area contributed by atoms with Crippen molar-refractivity contribution in [3.63, 3.8) is 0 Å². The first-order chi connectivity index (χ1) is 12.7. The summed E-state index contributed by atoms with van der Waals surface area (Å²) in [6, 6.07) is 7.41. The predicted molar refractivity (Wildman–Crippen MR) is 103 cm³/mol. The fraction of sp³-hybridized carbons (Fsp3) is 0.474. The largest absolute Gasteiger partial charge is 0.508 e. The summed E-state index contributed by atoms with van der Waals surface area (Å²) in [5.74, 6) is 2.13. The molecule has 1 aromatic heterocycles. The summed E-state index contributed by atoms with van der Waals surface area (Å²) in [6.07, 6.45) is 4.46. The van der Waals surface area contributed by atoms with E-state index in [1.54, 1.807) is 17.8 Å². The lowest BCUT2D eigenvalue weighted by Crippen LogP contribution is -2.20. The molecular weight excluding hydrogens is 348 g/mol. The van der Waals surface area contributed by atoms with E-state index in [0.717, 1.165) is 41.7 Å². The van der Waals surface area contributed by atoms with Crippen LogP contribution in [0.15, 0.2) is 42.1 Å². The third kappa shape index (κ3) is 4.87. The van der Waals surface area contributed by atoms with Crippen LogP contribution in [0.2, 0.25) is 0 Å². The van der Waals surface area contributed by atoms with Crippen LogP contribution in [0.4, 0.5) is 0 Å². The van der Waals surface area contributed by atoms with Crippen LogP contribution in [0.25, 0.3) is 0 Å². The number of allylic oxidation sites excluding steroid dienone is 1. The minimum Gasteiger partial charge on any atom is -0.508 e. The van der Waals surface area contributed by atoms with Crippen LogP contribution in [0.3, 0.4) is 0 Å². The highest BCUT2D eigenvalue weighted by Gasteiger charge is 2.19. The summed E-state index contributed by atoms with van der Waals surface area (Å²) < 4.78 is 7.80. The molecule has 1 fully saturated rings. The molecule has 3 rings (SSSR count). The number of ether oxygens (including phenoxy) is 1. The fourth-order valence-corrected chi connectivity index (χ4v) is 4.06. The highest BCUT2D eigenvalue weighted by molar-refractivity contribution is 7.99. The number of para-hydroxylation sites is 1. The molecule has 1 N–H and O–H groups in total. The van der Waals surface area contributed by atoms with Crippen molar-refractivity contribution < 1.29 is 9.84 Å². The predicted octanol–water partition coefficient (Wildman–Crippen LogP) is 3.07. The number of thioether (sulfide) groups is 1. The quantitative estimate of drug-likeness (QED) is 0.538. The summed E-state index contributed by atoms with van der Waals surface area (Å²) in [7, 11) is 2.01. The smallest absolute Gasteiger partial charge is 0.191 e. The van der Waals surface area contributed by atoms with Gasteiger partial charge in [0.05, 0.1) is 12.6 Å². The number of phenols is 1. The summed E-state index contributed by atoms with van der Waals surface area (Å²) in [5.41, 5.74) is 0.901. The van der Waals surface area contributed by atoms with Crippen molar-refractivity contribution in [2.45, 2.75) is 43.7 Å². The molecule has 26 heavy (non-hydrogen) atoms. The molecule has 0 spiro atoms. The molecule has 0 radical (unpaired) electrons. The molecule has 1 atom stereocenters.